The monoisotopic (exact) mass is 333 g/mol. The normalized spacial score (nSPS) is 10.7. The van der Waals surface area contributed by atoms with Gasteiger partial charge in [-0.1, -0.05) is 0 Å². The molecular formula is C13H20BrNO4. The SMILES string of the molecule is COc1cc(CNCCCOCCO)cc(Br)c1O. The van der Waals surface area contributed by atoms with Gasteiger partial charge in [-0.05, 0) is 46.6 Å². The standard InChI is InChI=1S/C13H20BrNO4/c1-18-12-8-10(7-11(14)13(12)17)9-15-3-2-5-19-6-4-16/h7-8,15-17H,2-6,9H2,1H3. The molecule has 0 unspecified atom stereocenters. The van der Waals surface area contributed by atoms with Crippen LogP contribution in [-0.2, 0) is 11.3 Å². The lowest BCUT2D eigenvalue weighted by atomic mass is 10.2. The average Bonchev–Trinajstić information content (AvgIpc) is 2.41. The molecule has 0 saturated heterocycles. The Balaban J connectivity index is 2.31. The van der Waals surface area contributed by atoms with Crippen LogP contribution in [0.4, 0.5) is 0 Å². The van der Waals surface area contributed by atoms with E-state index in [4.69, 9.17) is 14.6 Å². The van der Waals surface area contributed by atoms with E-state index in [1.165, 1.54) is 7.11 Å². The molecule has 6 heteroatoms. The molecule has 0 aromatic heterocycles. The zero-order valence-electron chi connectivity index (χ0n) is 11.0. The number of rotatable bonds is 9. The molecule has 0 saturated carbocycles. The predicted molar refractivity (Wildman–Crippen MR) is 76.6 cm³/mol. The molecule has 0 aliphatic rings. The Labute approximate surface area is 121 Å². The number of phenolic OH excluding ortho intramolecular Hbond substituents is 1. The fourth-order valence-electron chi connectivity index (χ4n) is 1.58. The number of hydrogen-bond donors (Lipinski definition) is 3. The Bertz CT molecular complexity index is 387. The smallest absolute Gasteiger partial charge is 0.172 e. The summed E-state index contributed by atoms with van der Waals surface area (Å²) >= 11 is 3.29. The number of halogens is 1. The summed E-state index contributed by atoms with van der Waals surface area (Å²) in [5.74, 6) is 0.570. The number of nitrogens with one attached hydrogen (secondary N) is 1. The summed E-state index contributed by atoms with van der Waals surface area (Å²) in [6.07, 6.45) is 0.885. The molecule has 5 nitrogen and oxygen atoms in total. The molecule has 1 rings (SSSR count). The van der Waals surface area contributed by atoms with Crippen LogP contribution in [0.5, 0.6) is 11.5 Å². The molecule has 0 spiro atoms. The summed E-state index contributed by atoms with van der Waals surface area (Å²) in [5.41, 5.74) is 1.03. The Morgan fingerprint density at radius 3 is 2.79 bits per heavy atom. The Kier molecular flexibility index (Phi) is 7.81. The number of benzene rings is 1. The predicted octanol–water partition coefficient (Wildman–Crippen LogP) is 1.65. The first-order valence-corrected chi connectivity index (χ1v) is 6.93. The quantitative estimate of drug-likeness (QED) is 0.599. The zero-order valence-corrected chi connectivity index (χ0v) is 12.6. The third kappa shape index (κ3) is 5.78. The lowest BCUT2D eigenvalue weighted by Crippen LogP contribution is -2.16. The third-order valence-corrected chi connectivity index (χ3v) is 3.12. The number of aliphatic hydroxyl groups excluding tert-OH is 1. The first-order valence-electron chi connectivity index (χ1n) is 6.13. The van der Waals surface area contributed by atoms with Gasteiger partial charge in [0, 0.05) is 13.2 Å². The highest BCUT2D eigenvalue weighted by atomic mass is 79.9. The molecule has 0 fully saturated rings. The van der Waals surface area contributed by atoms with Gasteiger partial charge in [-0.15, -0.1) is 0 Å². The maximum absolute atomic E-state index is 9.68. The number of ether oxygens (including phenoxy) is 2. The van der Waals surface area contributed by atoms with Crippen molar-refractivity contribution >= 4 is 15.9 Å². The van der Waals surface area contributed by atoms with Crippen molar-refractivity contribution in [1.82, 2.24) is 5.32 Å². The van der Waals surface area contributed by atoms with Gasteiger partial charge < -0.3 is 25.0 Å². The van der Waals surface area contributed by atoms with E-state index in [0.717, 1.165) is 18.5 Å². The lowest BCUT2D eigenvalue weighted by molar-refractivity contribution is 0.0907. The second-order valence-electron chi connectivity index (χ2n) is 3.99. The van der Waals surface area contributed by atoms with E-state index in [0.29, 0.717) is 30.0 Å². The van der Waals surface area contributed by atoms with Crippen LogP contribution in [0.1, 0.15) is 12.0 Å². The first kappa shape index (κ1) is 16.2. The van der Waals surface area contributed by atoms with Crippen molar-refractivity contribution < 1.29 is 19.7 Å². The van der Waals surface area contributed by atoms with E-state index in [9.17, 15) is 5.11 Å². The summed E-state index contributed by atoms with van der Waals surface area (Å²) in [7, 11) is 1.52. The highest BCUT2D eigenvalue weighted by Gasteiger charge is 2.08. The maximum Gasteiger partial charge on any atom is 0.172 e. The second kappa shape index (κ2) is 9.14. The van der Waals surface area contributed by atoms with Crippen molar-refractivity contribution in [3.63, 3.8) is 0 Å². The van der Waals surface area contributed by atoms with Gasteiger partial charge in [0.05, 0.1) is 24.8 Å². The van der Waals surface area contributed by atoms with Gasteiger partial charge in [0.25, 0.3) is 0 Å². The molecule has 1 aromatic rings. The van der Waals surface area contributed by atoms with E-state index in [-0.39, 0.29) is 12.4 Å². The summed E-state index contributed by atoms with van der Waals surface area (Å²) < 4.78 is 10.9. The fourth-order valence-corrected chi connectivity index (χ4v) is 2.07. The van der Waals surface area contributed by atoms with Crippen LogP contribution in [0.15, 0.2) is 16.6 Å². The van der Waals surface area contributed by atoms with Crippen LogP contribution in [0.3, 0.4) is 0 Å². The van der Waals surface area contributed by atoms with Crippen LogP contribution < -0.4 is 10.1 Å². The molecule has 108 valence electrons. The Morgan fingerprint density at radius 1 is 1.32 bits per heavy atom. The topological polar surface area (TPSA) is 71.0 Å². The minimum Gasteiger partial charge on any atom is -0.503 e. The summed E-state index contributed by atoms with van der Waals surface area (Å²) in [5, 5.41) is 21.5. The van der Waals surface area contributed by atoms with Gasteiger partial charge >= 0.3 is 0 Å². The van der Waals surface area contributed by atoms with E-state index < -0.39 is 0 Å². The van der Waals surface area contributed by atoms with Crippen molar-refractivity contribution in [1.29, 1.82) is 0 Å². The van der Waals surface area contributed by atoms with Gasteiger partial charge in [-0.25, -0.2) is 0 Å². The van der Waals surface area contributed by atoms with Crippen LogP contribution in [0, 0.1) is 0 Å². The van der Waals surface area contributed by atoms with Crippen LogP contribution in [-0.4, -0.2) is 43.7 Å². The molecule has 3 N–H and O–H groups in total. The maximum atomic E-state index is 9.68. The number of hydrogen-bond acceptors (Lipinski definition) is 5. The van der Waals surface area contributed by atoms with E-state index in [2.05, 4.69) is 21.2 Å². The molecule has 0 bridgehead atoms. The molecule has 0 atom stereocenters. The molecule has 1 aromatic carbocycles. The molecular weight excluding hydrogens is 314 g/mol. The van der Waals surface area contributed by atoms with Crippen molar-refractivity contribution in [3.8, 4) is 11.5 Å². The van der Waals surface area contributed by atoms with Crippen LogP contribution in [0.25, 0.3) is 0 Å². The minimum atomic E-state index is 0.0642. The van der Waals surface area contributed by atoms with Gasteiger partial charge in [-0.3, -0.25) is 0 Å². The van der Waals surface area contributed by atoms with Crippen molar-refractivity contribution in [2.45, 2.75) is 13.0 Å². The molecule has 0 radical (unpaired) electrons. The molecule has 19 heavy (non-hydrogen) atoms. The van der Waals surface area contributed by atoms with Crippen molar-refractivity contribution in [2.24, 2.45) is 0 Å². The average molecular weight is 334 g/mol. The minimum absolute atomic E-state index is 0.0642. The van der Waals surface area contributed by atoms with E-state index in [1.807, 2.05) is 6.07 Å². The van der Waals surface area contributed by atoms with Crippen LogP contribution in [0.2, 0.25) is 0 Å². The second-order valence-corrected chi connectivity index (χ2v) is 4.85. The van der Waals surface area contributed by atoms with Crippen molar-refractivity contribution in [3.05, 3.63) is 22.2 Å². The van der Waals surface area contributed by atoms with Gasteiger partial charge in [0.2, 0.25) is 0 Å². The Morgan fingerprint density at radius 2 is 2.11 bits per heavy atom. The molecule has 0 heterocycles. The Hall–Kier alpha value is -0.820. The number of aromatic hydroxyl groups is 1. The number of aliphatic hydroxyl groups is 1. The van der Waals surface area contributed by atoms with Crippen LogP contribution >= 0.6 is 15.9 Å². The summed E-state index contributed by atoms with van der Waals surface area (Å²) in [4.78, 5) is 0. The van der Waals surface area contributed by atoms with Gasteiger partial charge in [0.15, 0.2) is 11.5 Å². The summed E-state index contributed by atoms with van der Waals surface area (Å²) in [6.45, 7) is 2.61. The highest BCUT2D eigenvalue weighted by Crippen LogP contribution is 2.35. The van der Waals surface area contributed by atoms with E-state index >= 15 is 0 Å². The lowest BCUT2D eigenvalue weighted by Gasteiger charge is -2.10. The number of phenols is 1. The third-order valence-electron chi connectivity index (χ3n) is 2.52. The highest BCUT2D eigenvalue weighted by molar-refractivity contribution is 9.10. The van der Waals surface area contributed by atoms with Gasteiger partial charge in [0.1, 0.15) is 0 Å². The van der Waals surface area contributed by atoms with Gasteiger partial charge in [-0.2, -0.15) is 0 Å². The van der Waals surface area contributed by atoms with E-state index in [1.54, 1.807) is 6.07 Å². The fraction of sp³-hybridized carbons (Fsp3) is 0.538. The number of methoxy groups -OCH3 is 1. The van der Waals surface area contributed by atoms with Crippen molar-refractivity contribution in [2.75, 3.05) is 33.5 Å². The molecule has 0 amide bonds. The first-order chi connectivity index (χ1) is 9.19. The molecule has 0 aliphatic carbocycles. The molecule has 0 aliphatic heterocycles. The largest absolute Gasteiger partial charge is 0.503 e. The summed E-state index contributed by atoms with van der Waals surface area (Å²) in [6, 6.07) is 3.66. The zero-order chi connectivity index (χ0) is 14.1.